The minimum Gasteiger partial charge on any atom is -0.346 e. The number of halogens is 2. The zero-order valence-corrected chi connectivity index (χ0v) is 13.1. The zero-order chi connectivity index (χ0) is 13.2. The number of benzene rings is 1. The van der Waals surface area contributed by atoms with Crippen LogP contribution < -0.4 is 11.1 Å². The third-order valence-corrected chi connectivity index (χ3v) is 3.59. The molecule has 3 N–H and O–H groups in total. The first kappa shape index (κ1) is 17.7. The van der Waals surface area contributed by atoms with Crippen molar-refractivity contribution >= 4 is 41.6 Å². The summed E-state index contributed by atoms with van der Waals surface area (Å²) >= 11 is 0. The summed E-state index contributed by atoms with van der Waals surface area (Å²) in [6.07, 6.45) is 2.32. The molecule has 3 rings (SSSR count). The molecule has 6 heteroatoms. The largest absolute Gasteiger partial charge is 0.346 e. The van der Waals surface area contributed by atoms with E-state index in [2.05, 4.69) is 10.3 Å². The van der Waals surface area contributed by atoms with E-state index in [1.165, 1.54) is 0 Å². The van der Waals surface area contributed by atoms with E-state index in [0.29, 0.717) is 18.2 Å². The Balaban J connectivity index is 0.00000110. The van der Waals surface area contributed by atoms with E-state index < -0.39 is 0 Å². The summed E-state index contributed by atoms with van der Waals surface area (Å²) < 4.78 is 0. The van der Waals surface area contributed by atoms with Crippen LogP contribution in [0, 0.1) is 5.92 Å². The lowest BCUT2D eigenvalue weighted by atomic mass is 10.1. The number of aromatic nitrogens is 1. The molecular formula is C15H19Cl2N3O. The van der Waals surface area contributed by atoms with Gasteiger partial charge in [-0.25, -0.2) is 4.98 Å². The quantitative estimate of drug-likeness (QED) is 0.906. The van der Waals surface area contributed by atoms with Crippen molar-refractivity contribution in [3.05, 3.63) is 42.1 Å². The number of hydrogen-bond acceptors (Lipinski definition) is 3. The van der Waals surface area contributed by atoms with Crippen molar-refractivity contribution in [2.24, 2.45) is 11.7 Å². The number of nitrogens with zero attached hydrogens (tertiary/aromatic N) is 1. The first-order valence-electron chi connectivity index (χ1n) is 6.64. The highest BCUT2D eigenvalue weighted by Crippen LogP contribution is 2.32. The Kier molecular flexibility index (Phi) is 6.40. The van der Waals surface area contributed by atoms with Crippen LogP contribution in [0.3, 0.4) is 0 Å². The molecule has 2 aromatic rings. The third kappa shape index (κ3) is 4.06. The van der Waals surface area contributed by atoms with Crippen LogP contribution in [0.2, 0.25) is 0 Å². The van der Waals surface area contributed by atoms with Crippen LogP contribution >= 0.6 is 24.8 Å². The van der Waals surface area contributed by atoms with Gasteiger partial charge < -0.3 is 11.1 Å². The highest BCUT2D eigenvalue weighted by atomic mass is 35.5. The molecular weight excluding hydrogens is 309 g/mol. The summed E-state index contributed by atoms with van der Waals surface area (Å²) in [6, 6.07) is 11.5. The number of hydrogen-bond donors (Lipinski definition) is 2. The summed E-state index contributed by atoms with van der Waals surface area (Å²) in [5.74, 6) is 0.419. The maximum Gasteiger partial charge on any atom is 0.270 e. The average molecular weight is 328 g/mol. The molecule has 114 valence electrons. The maximum atomic E-state index is 12.2. The number of fused-ring (bicyclic) bond motifs is 1. The molecule has 1 aliphatic carbocycles. The number of rotatable bonds is 4. The second kappa shape index (κ2) is 7.59. The van der Waals surface area contributed by atoms with Crippen LogP contribution in [-0.2, 0) is 0 Å². The first-order valence-corrected chi connectivity index (χ1v) is 6.64. The van der Waals surface area contributed by atoms with Crippen molar-refractivity contribution in [1.82, 2.24) is 10.3 Å². The Morgan fingerprint density at radius 3 is 2.62 bits per heavy atom. The highest BCUT2D eigenvalue weighted by Gasteiger charge is 2.31. The standard InChI is InChI=1S/C15H17N3O.2ClH/c16-9-14(11-5-6-11)18-15(19)13-8-7-10-3-1-2-4-12(10)17-13;;/h1-4,7-8,11,14H,5-6,9,16H2,(H,18,19);2*1H. The van der Waals surface area contributed by atoms with Crippen LogP contribution in [0.25, 0.3) is 10.9 Å². The normalized spacial score (nSPS) is 14.7. The molecule has 21 heavy (non-hydrogen) atoms. The van der Waals surface area contributed by atoms with Crippen molar-refractivity contribution in [2.75, 3.05) is 6.54 Å². The van der Waals surface area contributed by atoms with E-state index in [4.69, 9.17) is 5.73 Å². The van der Waals surface area contributed by atoms with Gasteiger partial charge >= 0.3 is 0 Å². The zero-order valence-electron chi connectivity index (χ0n) is 11.5. The van der Waals surface area contributed by atoms with Crippen molar-refractivity contribution in [2.45, 2.75) is 18.9 Å². The number of amides is 1. The smallest absolute Gasteiger partial charge is 0.270 e. The number of pyridine rings is 1. The summed E-state index contributed by atoms with van der Waals surface area (Å²) in [4.78, 5) is 16.6. The minimum absolute atomic E-state index is 0. The Morgan fingerprint density at radius 2 is 1.95 bits per heavy atom. The monoisotopic (exact) mass is 327 g/mol. The van der Waals surface area contributed by atoms with Gasteiger partial charge in [0.05, 0.1) is 5.52 Å². The molecule has 0 spiro atoms. The number of para-hydroxylation sites is 1. The van der Waals surface area contributed by atoms with Crippen molar-refractivity contribution < 1.29 is 4.79 Å². The molecule has 1 atom stereocenters. The van der Waals surface area contributed by atoms with E-state index in [0.717, 1.165) is 23.7 Å². The lowest BCUT2D eigenvalue weighted by Gasteiger charge is -2.15. The van der Waals surface area contributed by atoms with E-state index >= 15 is 0 Å². The second-order valence-corrected chi connectivity index (χ2v) is 5.04. The van der Waals surface area contributed by atoms with Gasteiger partial charge in [-0.1, -0.05) is 24.3 Å². The molecule has 1 heterocycles. The molecule has 0 bridgehead atoms. The lowest BCUT2D eigenvalue weighted by molar-refractivity contribution is 0.0929. The van der Waals surface area contributed by atoms with Crippen molar-refractivity contribution in [1.29, 1.82) is 0 Å². The average Bonchev–Trinajstić information content (AvgIpc) is 3.28. The predicted molar refractivity (Wildman–Crippen MR) is 89.3 cm³/mol. The van der Waals surface area contributed by atoms with Gasteiger partial charge in [-0.05, 0) is 30.9 Å². The van der Waals surface area contributed by atoms with E-state index in [1.807, 2.05) is 30.3 Å². The lowest BCUT2D eigenvalue weighted by Crippen LogP contribution is -2.42. The van der Waals surface area contributed by atoms with Crippen LogP contribution in [0.4, 0.5) is 0 Å². The molecule has 1 fully saturated rings. The Hall–Kier alpha value is -1.36. The third-order valence-electron chi connectivity index (χ3n) is 3.59. The van der Waals surface area contributed by atoms with Gasteiger partial charge in [-0.3, -0.25) is 4.79 Å². The van der Waals surface area contributed by atoms with Crippen molar-refractivity contribution in [3.8, 4) is 0 Å². The molecule has 4 nitrogen and oxygen atoms in total. The maximum absolute atomic E-state index is 12.2. The Morgan fingerprint density at radius 1 is 1.24 bits per heavy atom. The second-order valence-electron chi connectivity index (χ2n) is 5.04. The molecule has 1 unspecified atom stereocenters. The fourth-order valence-corrected chi connectivity index (χ4v) is 2.30. The number of nitrogens with one attached hydrogen (secondary N) is 1. The molecule has 1 aliphatic rings. The Labute approximate surface area is 136 Å². The van der Waals surface area contributed by atoms with Gasteiger partial charge in [-0.2, -0.15) is 0 Å². The molecule has 0 saturated heterocycles. The van der Waals surface area contributed by atoms with Gasteiger partial charge in [0.1, 0.15) is 5.69 Å². The molecule has 1 aromatic carbocycles. The van der Waals surface area contributed by atoms with E-state index in [-0.39, 0.29) is 36.8 Å². The number of carbonyl (C=O) groups excluding carboxylic acids is 1. The summed E-state index contributed by atoms with van der Waals surface area (Å²) in [5, 5.41) is 4.02. The van der Waals surface area contributed by atoms with Gasteiger partial charge in [0, 0.05) is 18.0 Å². The number of carbonyl (C=O) groups is 1. The predicted octanol–water partition coefficient (Wildman–Crippen LogP) is 2.55. The van der Waals surface area contributed by atoms with Gasteiger partial charge in [-0.15, -0.1) is 24.8 Å². The summed E-state index contributed by atoms with van der Waals surface area (Å²) in [6.45, 7) is 0.490. The molecule has 1 aromatic heterocycles. The van der Waals surface area contributed by atoms with Gasteiger partial charge in [0.2, 0.25) is 0 Å². The summed E-state index contributed by atoms with van der Waals surface area (Å²) in [7, 11) is 0. The van der Waals surface area contributed by atoms with Gasteiger partial charge in [0.25, 0.3) is 5.91 Å². The van der Waals surface area contributed by atoms with E-state index in [9.17, 15) is 4.79 Å². The first-order chi connectivity index (χ1) is 9.28. The van der Waals surface area contributed by atoms with Crippen LogP contribution in [0.1, 0.15) is 23.3 Å². The van der Waals surface area contributed by atoms with Crippen LogP contribution in [-0.4, -0.2) is 23.5 Å². The fourth-order valence-electron chi connectivity index (χ4n) is 2.30. The topological polar surface area (TPSA) is 68.0 Å². The highest BCUT2D eigenvalue weighted by molar-refractivity contribution is 5.95. The fraction of sp³-hybridized carbons (Fsp3) is 0.333. The van der Waals surface area contributed by atoms with Crippen LogP contribution in [0.15, 0.2) is 36.4 Å². The molecule has 0 radical (unpaired) electrons. The van der Waals surface area contributed by atoms with Gasteiger partial charge in [0.15, 0.2) is 0 Å². The SMILES string of the molecule is Cl.Cl.NCC(NC(=O)c1ccc2ccccc2n1)C1CC1. The molecule has 1 saturated carbocycles. The molecule has 1 amide bonds. The minimum atomic E-state index is -0.131. The number of nitrogens with two attached hydrogens (primary N) is 1. The summed E-state index contributed by atoms with van der Waals surface area (Å²) in [5.41, 5.74) is 6.99. The van der Waals surface area contributed by atoms with E-state index in [1.54, 1.807) is 6.07 Å². The van der Waals surface area contributed by atoms with Crippen molar-refractivity contribution in [3.63, 3.8) is 0 Å². The van der Waals surface area contributed by atoms with Crippen LogP contribution in [0.5, 0.6) is 0 Å². The molecule has 0 aliphatic heterocycles. The Bertz CT molecular complexity index is 617.